The molecule has 1 aromatic heterocycles. The summed E-state index contributed by atoms with van der Waals surface area (Å²) in [4.78, 5) is 12.7. The predicted molar refractivity (Wildman–Crippen MR) is 97.1 cm³/mol. The second-order valence-corrected chi connectivity index (χ2v) is 6.43. The number of nitrogens with zero attached hydrogens (tertiary/aromatic N) is 2. The zero-order chi connectivity index (χ0) is 17.6. The number of para-hydroxylation sites is 1. The van der Waals surface area contributed by atoms with Gasteiger partial charge in [0.05, 0.1) is 16.4 Å². The van der Waals surface area contributed by atoms with Crippen LogP contribution in [0.25, 0.3) is 11.3 Å². The first-order valence-electron chi connectivity index (χ1n) is 7.90. The van der Waals surface area contributed by atoms with Crippen molar-refractivity contribution in [1.29, 1.82) is 0 Å². The fourth-order valence-corrected chi connectivity index (χ4v) is 3.35. The third-order valence-corrected chi connectivity index (χ3v) is 4.56. The van der Waals surface area contributed by atoms with Gasteiger partial charge in [-0.1, -0.05) is 29.8 Å². The van der Waals surface area contributed by atoms with E-state index >= 15 is 0 Å². The monoisotopic (exact) mass is 353 g/mol. The fourth-order valence-electron chi connectivity index (χ4n) is 3.06. The SMILES string of the molecule is Cc1ccc(NC(=O)c2nn(C)c3c2COc2ccccc2-3)c(Cl)c1. The van der Waals surface area contributed by atoms with E-state index in [0.717, 1.165) is 28.1 Å². The topological polar surface area (TPSA) is 56.2 Å². The average Bonchev–Trinajstić information content (AvgIpc) is 2.95. The second-order valence-electron chi connectivity index (χ2n) is 6.02. The van der Waals surface area contributed by atoms with E-state index in [4.69, 9.17) is 16.3 Å². The first-order chi connectivity index (χ1) is 12.0. The van der Waals surface area contributed by atoms with Crippen LogP contribution in [0.2, 0.25) is 5.02 Å². The number of aryl methyl sites for hydroxylation is 2. The van der Waals surface area contributed by atoms with Gasteiger partial charge >= 0.3 is 0 Å². The maximum absolute atomic E-state index is 12.7. The number of aromatic nitrogens is 2. The van der Waals surface area contributed by atoms with Gasteiger partial charge in [-0.05, 0) is 36.8 Å². The summed E-state index contributed by atoms with van der Waals surface area (Å²) in [6, 6.07) is 13.2. The lowest BCUT2D eigenvalue weighted by Gasteiger charge is -2.18. The number of hydrogen-bond donors (Lipinski definition) is 1. The molecule has 1 amide bonds. The van der Waals surface area contributed by atoms with Gasteiger partial charge in [-0.25, -0.2) is 0 Å². The van der Waals surface area contributed by atoms with Gasteiger partial charge in [0.25, 0.3) is 5.91 Å². The summed E-state index contributed by atoms with van der Waals surface area (Å²) in [5.74, 6) is 0.497. The molecular weight excluding hydrogens is 338 g/mol. The number of rotatable bonds is 2. The first-order valence-corrected chi connectivity index (χ1v) is 8.28. The molecule has 5 nitrogen and oxygen atoms in total. The van der Waals surface area contributed by atoms with Gasteiger partial charge in [0.1, 0.15) is 12.4 Å². The number of nitrogens with one attached hydrogen (secondary N) is 1. The minimum absolute atomic E-state index is 0.300. The number of ether oxygens (including phenoxy) is 1. The Morgan fingerprint density at radius 2 is 2.08 bits per heavy atom. The fraction of sp³-hybridized carbons (Fsp3) is 0.158. The summed E-state index contributed by atoms with van der Waals surface area (Å²) in [6.45, 7) is 2.26. The molecule has 0 saturated heterocycles. The highest BCUT2D eigenvalue weighted by atomic mass is 35.5. The minimum Gasteiger partial charge on any atom is -0.488 e. The van der Waals surface area contributed by atoms with Crippen molar-refractivity contribution in [1.82, 2.24) is 9.78 Å². The number of benzene rings is 2. The van der Waals surface area contributed by atoms with Crippen molar-refractivity contribution in [3.63, 3.8) is 0 Å². The Hall–Kier alpha value is -2.79. The van der Waals surface area contributed by atoms with Crippen molar-refractivity contribution in [2.75, 3.05) is 5.32 Å². The molecule has 0 aliphatic carbocycles. The molecule has 6 heteroatoms. The molecule has 25 heavy (non-hydrogen) atoms. The van der Waals surface area contributed by atoms with E-state index in [9.17, 15) is 4.79 Å². The second kappa shape index (κ2) is 5.93. The Kier molecular flexibility index (Phi) is 3.73. The van der Waals surface area contributed by atoms with Gasteiger partial charge in [-0.2, -0.15) is 5.10 Å². The maximum atomic E-state index is 12.7. The lowest BCUT2D eigenvalue weighted by atomic mass is 10.0. The standard InChI is InChI=1S/C19H16ClN3O2/c1-11-7-8-15(14(20)9-11)21-19(24)17-13-10-25-16-6-4-3-5-12(16)18(13)23(2)22-17/h3-9H,10H2,1-2H3,(H,21,24). The third kappa shape index (κ3) is 2.66. The van der Waals surface area contributed by atoms with Crippen LogP contribution in [-0.4, -0.2) is 15.7 Å². The quantitative estimate of drug-likeness (QED) is 0.751. The van der Waals surface area contributed by atoms with Gasteiger partial charge in [0.2, 0.25) is 0 Å². The first kappa shape index (κ1) is 15.7. The molecule has 0 bridgehead atoms. The summed E-state index contributed by atoms with van der Waals surface area (Å²) in [6.07, 6.45) is 0. The molecule has 0 spiro atoms. The Morgan fingerprint density at radius 1 is 1.28 bits per heavy atom. The number of hydrogen-bond acceptors (Lipinski definition) is 3. The van der Waals surface area contributed by atoms with Crippen LogP contribution in [-0.2, 0) is 13.7 Å². The maximum Gasteiger partial charge on any atom is 0.276 e. The predicted octanol–water partition coefficient (Wildman–Crippen LogP) is 4.19. The van der Waals surface area contributed by atoms with Gasteiger partial charge in [0.15, 0.2) is 5.69 Å². The molecule has 0 fully saturated rings. The number of carbonyl (C=O) groups is 1. The normalized spacial score (nSPS) is 12.1. The van der Waals surface area contributed by atoms with Gasteiger partial charge < -0.3 is 10.1 Å². The molecule has 0 atom stereocenters. The van der Waals surface area contributed by atoms with E-state index in [1.54, 1.807) is 10.7 Å². The van der Waals surface area contributed by atoms with Crippen molar-refractivity contribution in [3.8, 4) is 17.0 Å². The number of fused-ring (bicyclic) bond motifs is 3. The van der Waals surface area contributed by atoms with Gasteiger partial charge in [-0.15, -0.1) is 0 Å². The summed E-state index contributed by atoms with van der Waals surface area (Å²) >= 11 is 6.21. The summed E-state index contributed by atoms with van der Waals surface area (Å²) in [7, 11) is 1.83. The summed E-state index contributed by atoms with van der Waals surface area (Å²) in [5, 5.41) is 7.75. The molecule has 1 aliphatic heterocycles. The van der Waals surface area contributed by atoms with Crippen LogP contribution in [0.3, 0.4) is 0 Å². The summed E-state index contributed by atoms with van der Waals surface area (Å²) < 4.78 is 7.51. The van der Waals surface area contributed by atoms with Crippen molar-refractivity contribution in [2.24, 2.45) is 7.05 Å². The lowest BCUT2D eigenvalue weighted by Crippen LogP contribution is -2.16. The Labute approximate surface area is 150 Å². The Morgan fingerprint density at radius 3 is 2.88 bits per heavy atom. The number of halogens is 1. The van der Waals surface area contributed by atoms with E-state index in [0.29, 0.717) is 23.0 Å². The van der Waals surface area contributed by atoms with E-state index in [1.165, 1.54) is 0 Å². The molecule has 1 N–H and O–H groups in total. The smallest absolute Gasteiger partial charge is 0.276 e. The van der Waals surface area contributed by atoms with E-state index in [2.05, 4.69) is 10.4 Å². The zero-order valence-corrected chi connectivity index (χ0v) is 14.6. The minimum atomic E-state index is -0.300. The van der Waals surface area contributed by atoms with Crippen molar-refractivity contribution < 1.29 is 9.53 Å². The summed E-state index contributed by atoms with van der Waals surface area (Å²) in [5.41, 5.74) is 4.57. The zero-order valence-electron chi connectivity index (χ0n) is 13.8. The van der Waals surface area contributed by atoms with Crippen LogP contribution >= 0.6 is 11.6 Å². The molecule has 1 aliphatic rings. The van der Waals surface area contributed by atoms with Gasteiger partial charge in [0, 0.05) is 18.2 Å². The van der Waals surface area contributed by atoms with Crippen LogP contribution in [0.15, 0.2) is 42.5 Å². The van der Waals surface area contributed by atoms with Gasteiger partial charge in [-0.3, -0.25) is 9.48 Å². The van der Waals surface area contributed by atoms with E-state index < -0.39 is 0 Å². The largest absolute Gasteiger partial charge is 0.488 e. The molecular formula is C19H16ClN3O2. The van der Waals surface area contributed by atoms with Crippen molar-refractivity contribution in [2.45, 2.75) is 13.5 Å². The van der Waals surface area contributed by atoms with E-state index in [-0.39, 0.29) is 5.91 Å². The molecule has 4 rings (SSSR count). The highest BCUT2D eigenvalue weighted by molar-refractivity contribution is 6.34. The molecule has 2 heterocycles. The Bertz CT molecular complexity index is 994. The lowest BCUT2D eigenvalue weighted by molar-refractivity contribution is 0.101. The Balaban J connectivity index is 1.72. The molecule has 2 aromatic carbocycles. The average molecular weight is 354 g/mol. The van der Waals surface area contributed by atoms with Crippen LogP contribution in [0, 0.1) is 6.92 Å². The highest BCUT2D eigenvalue weighted by Crippen LogP contribution is 2.38. The number of anilines is 1. The van der Waals surface area contributed by atoms with Crippen LogP contribution < -0.4 is 10.1 Å². The molecule has 0 saturated carbocycles. The molecule has 126 valence electrons. The molecule has 3 aromatic rings. The molecule has 0 radical (unpaired) electrons. The number of amides is 1. The highest BCUT2D eigenvalue weighted by Gasteiger charge is 2.28. The van der Waals surface area contributed by atoms with E-state index in [1.807, 2.05) is 50.4 Å². The third-order valence-electron chi connectivity index (χ3n) is 4.25. The van der Waals surface area contributed by atoms with Crippen LogP contribution in [0.1, 0.15) is 21.6 Å². The van der Waals surface area contributed by atoms with Crippen LogP contribution in [0.5, 0.6) is 5.75 Å². The molecule has 0 unspecified atom stereocenters. The van der Waals surface area contributed by atoms with Crippen molar-refractivity contribution >= 4 is 23.2 Å². The van der Waals surface area contributed by atoms with Crippen molar-refractivity contribution in [3.05, 3.63) is 64.3 Å². The number of carbonyl (C=O) groups excluding carboxylic acids is 1. The van der Waals surface area contributed by atoms with Crippen LogP contribution in [0.4, 0.5) is 5.69 Å².